The molecule has 0 aromatic heterocycles. The van der Waals surface area contributed by atoms with Gasteiger partial charge in [-0.2, -0.15) is 0 Å². The van der Waals surface area contributed by atoms with Crippen molar-refractivity contribution in [2.45, 2.75) is 57.1 Å². The summed E-state index contributed by atoms with van der Waals surface area (Å²) in [5.74, 6) is 1.92. The van der Waals surface area contributed by atoms with E-state index in [1.54, 1.807) is 0 Å². The Kier molecular flexibility index (Phi) is 3.96. The van der Waals surface area contributed by atoms with E-state index in [1.807, 2.05) is 25.2 Å². The van der Waals surface area contributed by atoms with Gasteiger partial charge in [-0.25, -0.2) is 0 Å². The van der Waals surface area contributed by atoms with E-state index in [-0.39, 0.29) is 5.60 Å². The Morgan fingerprint density at radius 3 is 2.75 bits per heavy atom. The Morgan fingerprint density at radius 1 is 1.35 bits per heavy atom. The van der Waals surface area contributed by atoms with Crippen LogP contribution in [0.3, 0.4) is 0 Å². The Labute approximate surface area is 126 Å². The molecular weight excluding hydrogens is 270 g/mol. The van der Waals surface area contributed by atoms with Gasteiger partial charge in [-0.05, 0) is 56.8 Å². The van der Waals surface area contributed by atoms with Crippen LogP contribution in [0.15, 0.2) is 18.2 Å². The fourth-order valence-corrected chi connectivity index (χ4v) is 4.00. The average molecular weight is 294 g/mol. The van der Waals surface area contributed by atoms with Crippen LogP contribution in [0.1, 0.15) is 57.1 Å². The molecule has 1 aromatic rings. The number of nitrogens with one attached hydrogen (secondary N) is 1. The number of hydrogen-bond donors (Lipinski definition) is 1. The molecule has 0 radical (unpaired) electrons. The third kappa shape index (κ3) is 2.56. The van der Waals surface area contributed by atoms with E-state index in [9.17, 15) is 0 Å². The fourth-order valence-electron chi connectivity index (χ4n) is 3.82. The normalized spacial score (nSPS) is 32.8. The molecule has 3 heteroatoms. The quantitative estimate of drug-likeness (QED) is 0.852. The SMILES string of the molecule is CCC1CCC2(CC1)CC(NC)c1cc(Cl)ccc1O2. The van der Waals surface area contributed by atoms with Crippen LogP contribution in [-0.2, 0) is 0 Å². The van der Waals surface area contributed by atoms with Crippen LogP contribution < -0.4 is 10.1 Å². The van der Waals surface area contributed by atoms with E-state index in [0.717, 1.165) is 23.1 Å². The summed E-state index contributed by atoms with van der Waals surface area (Å²) in [6.45, 7) is 2.30. The van der Waals surface area contributed by atoms with Gasteiger partial charge in [0.25, 0.3) is 0 Å². The van der Waals surface area contributed by atoms with E-state index >= 15 is 0 Å². The first-order valence-electron chi connectivity index (χ1n) is 7.81. The maximum atomic E-state index is 6.44. The topological polar surface area (TPSA) is 21.3 Å². The number of ether oxygens (including phenoxy) is 1. The second-order valence-corrected chi connectivity index (χ2v) is 6.80. The molecule has 0 amide bonds. The van der Waals surface area contributed by atoms with E-state index in [1.165, 1.54) is 37.7 Å². The molecule has 1 aliphatic heterocycles. The first kappa shape index (κ1) is 14.2. The zero-order valence-corrected chi connectivity index (χ0v) is 13.2. The van der Waals surface area contributed by atoms with Crippen molar-refractivity contribution in [3.8, 4) is 5.75 Å². The lowest BCUT2D eigenvalue weighted by molar-refractivity contribution is -0.0142. The van der Waals surface area contributed by atoms with Crippen LogP contribution in [0.2, 0.25) is 5.02 Å². The van der Waals surface area contributed by atoms with Gasteiger partial charge in [0.15, 0.2) is 0 Å². The zero-order chi connectivity index (χ0) is 14.2. The van der Waals surface area contributed by atoms with Crippen molar-refractivity contribution in [2.75, 3.05) is 7.05 Å². The molecule has 1 aromatic carbocycles. The van der Waals surface area contributed by atoms with Gasteiger partial charge in [0.1, 0.15) is 11.4 Å². The van der Waals surface area contributed by atoms with E-state index in [0.29, 0.717) is 6.04 Å². The van der Waals surface area contributed by atoms with Gasteiger partial charge < -0.3 is 10.1 Å². The molecule has 1 spiro atoms. The van der Waals surface area contributed by atoms with Gasteiger partial charge in [0, 0.05) is 23.0 Å². The lowest BCUT2D eigenvalue weighted by Crippen LogP contribution is -2.46. The highest BCUT2D eigenvalue weighted by molar-refractivity contribution is 6.30. The molecular formula is C17H24ClNO. The Bertz CT molecular complexity index is 480. The first-order valence-corrected chi connectivity index (χ1v) is 8.19. The van der Waals surface area contributed by atoms with Gasteiger partial charge in [-0.15, -0.1) is 0 Å². The van der Waals surface area contributed by atoms with Crippen LogP contribution in [0, 0.1) is 5.92 Å². The summed E-state index contributed by atoms with van der Waals surface area (Å²) in [6.07, 6.45) is 7.34. The Morgan fingerprint density at radius 2 is 2.10 bits per heavy atom. The number of benzene rings is 1. The molecule has 2 aliphatic rings. The molecule has 1 unspecified atom stereocenters. The molecule has 2 nitrogen and oxygen atoms in total. The smallest absolute Gasteiger partial charge is 0.125 e. The minimum absolute atomic E-state index is 0.0418. The van der Waals surface area contributed by atoms with Crippen LogP contribution in [0.4, 0.5) is 0 Å². The maximum absolute atomic E-state index is 6.44. The van der Waals surface area contributed by atoms with Crippen molar-refractivity contribution in [3.05, 3.63) is 28.8 Å². The predicted octanol–water partition coefficient (Wildman–Crippen LogP) is 4.72. The molecule has 20 heavy (non-hydrogen) atoms. The molecule has 1 atom stereocenters. The summed E-state index contributed by atoms with van der Waals surface area (Å²) < 4.78 is 6.44. The second-order valence-electron chi connectivity index (χ2n) is 6.36. The van der Waals surface area contributed by atoms with Crippen molar-refractivity contribution in [2.24, 2.45) is 5.92 Å². The summed E-state index contributed by atoms with van der Waals surface area (Å²) in [7, 11) is 2.03. The number of hydrogen-bond acceptors (Lipinski definition) is 2. The Hall–Kier alpha value is -0.730. The molecule has 1 fully saturated rings. The molecule has 0 bridgehead atoms. The second kappa shape index (κ2) is 5.57. The van der Waals surface area contributed by atoms with Crippen LogP contribution in [0.5, 0.6) is 5.75 Å². The van der Waals surface area contributed by atoms with E-state index in [4.69, 9.17) is 16.3 Å². The van der Waals surface area contributed by atoms with Gasteiger partial charge in [-0.3, -0.25) is 0 Å². The highest BCUT2D eigenvalue weighted by Gasteiger charge is 2.42. The third-order valence-electron chi connectivity index (χ3n) is 5.19. The molecule has 1 aliphatic carbocycles. The molecule has 3 rings (SSSR count). The van der Waals surface area contributed by atoms with Crippen molar-refractivity contribution < 1.29 is 4.74 Å². The summed E-state index contributed by atoms with van der Waals surface area (Å²) in [5, 5.41) is 4.24. The Balaban J connectivity index is 1.86. The summed E-state index contributed by atoms with van der Waals surface area (Å²) in [6, 6.07) is 6.37. The minimum Gasteiger partial charge on any atom is -0.487 e. The maximum Gasteiger partial charge on any atom is 0.125 e. The predicted molar refractivity (Wildman–Crippen MR) is 83.5 cm³/mol. The monoisotopic (exact) mass is 293 g/mol. The highest BCUT2D eigenvalue weighted by atomic mass is 35.5. The van der Waals surface area contributed by atoms with Crippen molar-refractivity contribution >= 4 is 11.6 Å². The highest BCUT2D eigenvalue weighted by Crippen LogP contribution is 2.47. The molecule has 1 heterocycles. The van der Waals surface area contributed by atoms with Crippen LogP contribution >= 0.6 is 11.6 Å². The molecule has 1 N–H and O–H groups in total. The first-order chi connectivity index (χ1) is 9.65. The van der Waals surface area contributed by atoms with E-state index < -0.39 is 0 Å². The standard InChI is InChI=1S/C17H24ClNO/c1-3-12-6-8-17(9-7-12)11-15(19-2)14-10-13(18)4-5-16(14)20-17/h4-5,10,12,15,19H,3,6-9,11H2,1-2H3. The summed E-state index contributed by atoms with van der Waals surface area (Å²) in [5.41, 5.74) is 1.25. The van der Waals surface area contributed by atoms with Gasteiger partial charge in [0.05, 0.1) is 0 Å². The number of halogens is 1. The average Bonchev–Trinajstić information content (AvgIpc) is 2.48. The number of fused-ring (bicyclic) bond motifs is 1. The van der Waals surface area contributed by atoms with Crippen molar-refractivity contribution in [1.82, 2.24) is 5.32 Å². The van der Waals surface area contributed by atoms with Gasteiger partial charge in [0.2, 0.25) is 0 Å². The van der Waals surface area contributed by atoms with Gasteiger partial charge >= 0.3 is 0 Å². The van der Waals surface area contributed by atoms with Gasteiger partial charge in [-0.1, -0.05) is 24.9 Å². The lowest BCUT2D eigenvalue weighted by atomic mass is 9.73. The largest absolute Gasteiger partial charge is 0.487 e. The minimum atomic E-state index is 0.0418. The van der Waals surface area contributed by atoms with Crippen LogP contribution in [0.25, 0.3) is 0 Å². The van der Waals surface area contributed by atoms with Crippen molar-refractivity contribution in [1.29, 1.82) is 0 Å². The lowest BCUT2D eigenvalue weighted by Gasteiger charge is -2.46. The van der Waals surface area contributed by atoms with Crippen LogP contribution in [-0.4, -0.2) is 12.6 Å². The van der Waals surface area contributed by atoms with Crippen molar-refractivity contribution in [3.63, 3.8) is 0 Å². The summed E-state index contributed by atoms with van der Waals surface area (Å²) in [4.78, 5) is 0. The fraction of sp³-hybridized carbons (Fsp3) is 0.647. The third-order valence-corrected chi connectivity index (χ3v) is 5.43. The molecule has 1 saturated carbocycles. The van der Waals surface area contributed by atoms with E-state index in [2.05, 4.69) is 12.2 Å². The molecule has 0 saturated heterocycles. The molecule has 110 valence electrons. The zero-order valence-electron chi connectivity index (χ0n) is 12.4. The summed E-state index contributed by atoms with van der Waals surface area (Å²) >= 11 is 6.13. The number of rotatable bonds is 2.